The number of carbonyl (C=O) groups excluding carboxylic acids is 3. The van der Waals surface area contributed by atoms with E-state index < -0.39 is 5.91 Å². The van der Waals surface area contributed by atoms with Gasteiger partial charge in [-0.3, -0.25) is 14.4 Å². The Hall–Kier alpha value is -4.53. The lowest BCUT2D eigenvalue weighted by Crippen LogP contribution is -2.27. The van der Waals surface area contributed by atoms with Crippen molar-refractivity contribution in [3.8, 4) is 0 Å². The van der Waals surface area contributed by atoms with E-state index in [9.17, 15) is 9.59 Å². The topological polar surface area (TPSA) is 172 Å². The van der Waals surface area contributed by atoms with Gasteiger partial charge in [-0.25, -0.2) is 0 Å². The molecule has 7 N–H and O–H groups in total. The van der Waals surface area contributed by atoms with Gasteiger partial charge in [0.15, 0.2) is 0 Å². The second-order valence-corrected chi connectivity index (χ2v) is 10.7. The number of hydrogen-bond donors (Lipinski definition) is 5. The molecule has 9 heteroatoms. The van der Waals surface area contributed by atoms with E-state index >= 15 is 0 Å². The van der Waals surface area contributed by atoms with Crippen LogP contribution in [0.2, 0.25) is 0 Å². The van der Waals surface area contributed by atoms with Crippen molar-refractivity contribution >= 4 is 29.9 Å². The fraction of sp³-hybridized carbons (Fsp3) is 0.432. The number of nitrogens with one attached hydrogen (secondary N) is 3. The normalized spacial score (nSPS) is 13.0. The van der Waals surface area contributed by atoms with Gasteiger partial charge in [-0.05, 0) is 99.4 Å². The van der Waals surface area contributed by atoms with Crippen LogP contribution in [0.1, 0.15) is 134 Å². The first-order valence-corrected chi connectivity index (χ1v) is 16.1. The smallest absolute Gasteiger partial charge is 0.251 e. The molecule has 3 amide bonds. The van der Waals surface area contributed by atoms with E-state index in [0.717, 1.165) is 22.5 Å². The van der Waals surface area contributed by atoms with E-state index in [1.807, 2.05) is 84.9 Å². The van der Waals surface area contributed by atoms with Crippen LogP contribution in [0.4, 0.5) is 0 Å². The average Bonchev–Trinajstić information content (AvgIpc) is 3.35. The lowest BCUT2D eigenvalue weighted by Gasteiger charge is -2.22. The summed E-state index contributed by atoms with van der Waals surface area (Å²) in [6.45, 7) is 18.2. The van der Waals surface area contributed by atoms with Gasteiger partial charge < -0.3 is 21.8 Å². The molecule has 0 saturated heterocycles. The molecule has 4 rings (SSSR count). The standard InChI is InChI=1S/C32H39N3O2.2C2H6.CH3NO.HNO/c1-19-11-14-24(15-12-19)22(4)35-32(37)26-16-13-20(2)27(17-26)28(31(33)36)18-29-21(3)30(23(5)34-29)25-9-7-6-8-10-25;2*1-2;2-1-3;1-2/h11-18,22,25,34H,6-10H2,1-5H3,(H2,33,36)(H,35,37);2*1-2H3;1H,(H2,2,3);1H/b28-18-;;;;. The molecule has 1 aliphatic carbocycles. The highest BCUT2D eigenvalue weighted by molar-refractivity contribution is 6.24. The summed E-state index contributed by atoms with van der Waals surface area (Å²) in [6.07, 6.45) is 8.37. The van der Waals surface area contributed by atoms with Gasteiger partial charge in [0.05, 0.1) is 6.04 Å². The molecule has 1 unspecified atom stereocenters. The van der Waals surface area contributed by atoms with Gasteiger partial charge in [0.2, 0.25) is 12.3 Å². The molecule has 0 spiro atoms. The number of nitroso groups, excluding NO2 is 1. The predicted octanol–water partition coefficient (Wildman–Crippen LogP) is 8.30. The maximum absolute atomic E-state index is 13.1. The SMILES string of the molecule is CC.CC.Cc1ccc(C(C)NC(=O)c2ccc(C)c(/C(=C/c3[nH]c(C)c(C4CCCCC4)c3C)C(N)=O)c2)cc1.N=O.NC=O. The molecule has 3 aromatic rings. The zero-order valence-corrected chi connectivity index (χ0v) is 29.2. The Kier molecular flexibility index (Phi) is 19.9. The highest BCUT2D eigenvalue weighted by atomic mass is 16.2. The van der Waals surface area contributed by atoms with Crippen LogP contribution in [0, 0.1) is 38.2 Å². The molecule has 0 aliphatic heterocycles. The zero-order valence-electron chi connectivity index (χ0n) is 29.2. The van der Waals surface area contributed by atoms with Crippen molar-refractivity contribution in [2.45, 2.75) is 106 Å². The van der Waals surface area contributed by atoms with E-state index in [0.29, 0.717) is 22.6 Å². The van der Waals surface area contributed by atoms with E-state index in [-0.39, 0.29) is 18.4 Å². The van der Waals surface area contributed by atoms with Gasteiger partial charge in [0, 0.05) is 22.5 Å². The van der Waals surface area contributed by atoms with Crippen molar-refractivity contribution < 1.29 is 14.4 Å². The summed E-state index contributed by atoms with van der Waals surface area (Å²) in [4.78, 5) is 45.4. The van der Waals surface area contributed by atoms with Gasteiger partial charge >= 0.3 is 0 Å². The van der Waals surface area contributed by atoms with Gasteiger partial charge in [0.25, 0.3) is 5.91 Å². The second kappa shape index (κ2) is 22.1. The Morgan fingerprint density at radius 1 is 0.935 bits per heavy atom. The number of aromatic nitrogens is 1. The number of primary amides is 2. The molecule has 9 nitrogen and oxygen atoms in total. The molecule has 0 radical (unpaired) electrons. The van der Waals surface area contributed by atoms with Crippen molar-refractivity contribution in [3.63, 3.8) is 0 Å². The summed E-state index contributed by atoms with van der Waals surface area (Å²) >= 11 is 0. The van der Waals surface area contributed by atoms with Crippen molar-refractivity contribution in [2.24, 2.45) is 11.5 Å². The number of carbonyl (C=O) groups is 3. The maximum atomic E-state index is 13.1. The molecule has 46 heavy (non-hydrogen) atoms. The highest BCUT2D eigenvalue weighted by Gasteiger charge is 2.23. The lowest BCUT2D eigenvalue weighted by atomic mass is 9.82. The fourth-order valence-electron chi connectivity index (χ4n) is 5.64. The van der Waals surface area contributed by atoms with Crippen molar-refractivity contribution in [2.75, 3.05) is 0 Å². The minimum atomic E-state index is -0.514. The van der Waals surface area contributed by atoms with Gasteiger partial charge in [-0.1, -0.05) is 88.4 Å². The summed E-state index contributed by atoms with van der Waals surface area (Å²) in [5, 5.41) is 3.07. The molecule has 1 aromatic heterocycles. The van der Waals surface area contributed by atoms with Crippen molar-refractivity contribution in [3.05, 3.63) is 97.7 Å². The van der Waals surface area contributed by atoms with Gasteiger partial charge in [-0.15, -0.1) is 0 Å². The summed E-state index contributed by atoms with van der Waals surface area (Å²) < 4.78 is 0. The minimum Gasteiger partial charge on any atom is -0.372 e. The van der Waals surface area contributed by atoms with Crippen molar-refractivity contribution in [1.82, 2.24) is 10.3 Å². The van der Waals surface area contributed by atoms with Crippen LogP contribution in [0.25, 0.3) is 11.6 Å². The van der Waals surface area contributed by atoms with Crippen LogP contribution < -0.4 is 16.8 Å². The Labute approximate surface area is 275 Å². The first-order valence-electron chi connectivity index (χ1n) is 16.1. The molecule has 1 atom stereocenters. The second-order valence-electron chi connectivity index (χ2n) is 10.7. The molecule has 1 saturated carbocycles. The number of amides is 3. The number of benzene rings is 2. The average molecular weight is 634 g/mol. The summed E-state index contributed by atoms with van der Waals surface area (Å²) in [5.74, 6) is -0.141. The predicted molar refractivity (Wildman–Crippen MR) is 190 cm³/mol. The number of rotatable bonds is 7. The molecule has 1 heterocycles. The van der Waals surface area contributed by atoms with Crippen LogP contribution in [0.3, 0.4) is 0 Å². The van der Waals surface area contributed by atoms with Gasteiger partial charge in [0.1, 0.15) is 0 Å². The van der Waals surface area contributed by atoms with Crippen LogP contribution in [-0.2, 0) is 9.59 Å². The number of nitrogens with two attached hydrogens (primary N) is 2. The maximum Gasteiger partial charge on any atom is 0.251 e. The molecular formula is C37H55N5O4. The Morgan fingerprint density at radius 3 is 2.00 bits per heavy atom. The first kappa shape index (κ1) is 41.5. The fourth-order valence-corrected chi connectivity index (χ4v) is 5.64. The highest BCUT2D eigenvalue weighted by Crippen LogP contribution is 2.38. The molecule has 1 fully saturated rings. The molecule has 2 aromatic carbocycles. The monoisotopic (exact) mass is 633 g/mol. The quantitative estimate of drug-likeness (QED) is 0.100. The number of aromatic amines is 1. The zero-order chi connectivity index (χ0) is 35.4. The Balaban J connectivity index is 0.00000205. The number of H-pyrrole nitrogens is 1. The van der Waals surface area contributed by atoms with E-state index in [1.54, 1.807) is 12.1 Å². The Bertz CT molecular complexity index is 1400. The van der Waals surface area contributed by atoms with Crippen LogP contribution >= 0.6 is 0 Å². The third-order valence-electron chi connectivity index (χ3n) is 7.82. The number of aryl methyl sites for hydroxylation is 3. The molecule has 252 valence electrons. The first-order chi connectivity index (χ1) is 22.1. The third kappa shape index (κ3) is 11.8. The van der Waals surface area contributed by atoms with E-state index in [4.69, 9.17) is 15.4 Å². The van der Waals surface area contributed by atoms with Crippen LogP contribution in [0.5, 0.6) is 0 Å². The van der Waals surface area contributed by atoms with Crippen LogP contribution in [0.15, 0.2) is 42.5 Å². The summed E-state index contributed by atoms with van der Waals surface area (Å²) in [5.41, 5.74) is 23.9. The van der Waals surface area contributed by atoms with Crippen LogP contribution in [-0.4, -0.2) is 23.2 Å². The lowest BCUT2D eigenvalue weighted by molar-refractivity contribution is -0.112. The minimum absolute atomic E-state index is 0.147. The molecular weight excluding hydrogens is 578 g/mol. The summed E-state index contributed by atoms with van der Waals surface area (Å²) in [6, 6.07) is 13.4. The van der Waals surface area contributed by atoms with E-state index in [1.165, 1.54) is 48.8 Å². The Morgan fingerprint density at radius 2 is 1.48 bits per heavy atom. The van der Waals surface area contributed by atoms with E-state index in [2.05, 4.69) is 35.5 Å². The molecule has 1 aliphatic rings. The third-order valence-corrected chi connectivity index (χ3v) is 7.82. The van der Waals surface area contributed by atoms with Crippen molar-refractivity contribution in [1.29, 1.82) is 5.59 Å². The molecule has 0 bridgehead atoms. The number of hydrogen-bond acceptors (Lipinski definition) is 5. The largest absolute Gasteiger partial charge is 0.372 e. The summed E-state index contributed by atoms with van der Waals surface area (Å²) in [7, 11) is 0. The van der Waals surface area contributed by atoms with Gasteiger partial charge in [-0.2, -0.15) is 4.91 Å².